The number of carbonyl (C=O) groups is 2. The number of hydrogen-bond acceptors (Lipinski definition) is 3. The molecule has 2 amide bonds. The first kappa shape index (κ1) is 14.9. The fourth-order valence-electron chi connectivity index (χ4n) is 1.45. The maximum Gasteiger partial charge on any atom is 0.326 e. The number of carboxylic acids is 1. The molecule has 0 saturated heterocycles. The lowest BCUT2D eigenvalue weighted by molar-refractivity contribution is -0.139. The Morgan fingerprint density at radius 1 is 1.42 bits per heavy atom. The van der Waals surface area contributed by atoms with E-state index in [1.165, 1.54) is 25.1 Å². The monoisotopic (exact) mass is 270 g/mol. The second kappa shape index (κ2) is 6.69. The molecule has 1 rings (SSSR count). The molecule has 0 radical (unpaired) electrons. The van der Waals surface area contributed by atoms with Crippen LogP contribution in [0.3, 0.4) is 0 Å². The second-order valence-electron chi connectivity index (χ2n) is 3.91. The summed E-state index contributed by atoms with van der Waals surface area (Å²) in [4.78, 5) is 22.4. The van der Waals surface area contributed by atoms with Crippen LogP contribution in [-0.4, -0.2) is 34.9 Å². The molecule has 1 aromatic rings. The molecule has 104 valence electrons. The van der Waals surface area contributed by atoms with E-state index >= 15 is 0 Å². The number of aliphatic hydroxyl groups is 1. The predicted octanol–water partition coefficient (Wildman–Crippen LogP) is 1.09. The largest absolute Gasteiger partial charge is 0.480 e. The summed E-state index contributed by atoms with van der Waals surface area (Å²) in [5.74, 6) is -1.72. The fraction of sp³-hybridized carbons (Fsp3) is 0.333. The number of anilines is 1. The van der Waals surface area contributed by atoms with Crippen molar-refractivity contribution in [3.63, 3.8) is 0 Å². The maximum absolute atomic E-state index is 13.2. The minimum Gasteiger partial charge on any atom is -0.480 e. The van der Waals surface area contributed by atoms with Gasteiger partial charge in [0.1, 0.15) is 11.9 Å². The number of urea groups is 1. The average Bonchev–Trinajstić information content (AvgIpc) is 2.34. The van der Waals surface area contributed by atoms with Crippen LogP contribution in [0.2, 0.25) is 0 Å². The molecule has 6 nitrogen and oxygen atoms in total. The van der Waals surface area contributed by atoms with E-state index in [1.807, 2.05) is 0 Å². The molecular weight excluding hydrogens is 255 g/mol. The van der Waals surface area contributed by atoms with Gasteiger partial charge in [0, 0.05) is 24.3 Å². The van der Waals surface area contributed by atoms with Crippen molar-refractivity contribution in [2.75, 3.05) is 11.9 Å². The van der Waals surface area contributed by atoms with Crippen LogP contribution in [-0.2, 0) is 4.79 Å². The van der Waals surface area contributed by atoms with E-state index in [4.69, 9.17) is 10.2 Å². The van der Waals surface area contributed by atoms with E-state index in [0.717, 1.165) is 0 Å². The van der Waals surface area contributed by atoms with Gasteiger partial charge in [-0.2, -0.15) is 0 Å². The van der Waals surface area contributed by atoms with Crippen LogP contribution >= 0.6 is 0 Å². The number of carbonyl (C=O) groups excluding carboxylic acids is 1. The van der Waals surface area contributed by atoms with Gasteiger partial charge in [-0.05, 0) is 19.1 Å². The van der Waals surface area contributed by atoms with Gasteiger partial charge in [0.2, 0.25) is 0 Å². The van der Waals surface area contributed by atoms with E-state index in [9.17, 15) is 14.0 Å². The number of nitrogens with one attached hydrogen (secondary N) is 2. The molecular formula is C12H15FN2O4. The van der Waals surface area contributed by atoms with Crippen molar-refractivity contribution in [3.8, 4) is 0 Å². The molecule has 0 bridgehead atoms. The first-order valence-corrected chi connectivity index (χ1v) is 5.62. The topological polar surface area (TPSA) is 98.7 Å². The van der Waals surface area contributed by atoms with E-state index in [2.05, 4.69) is 10.6 Å². The number of amides is 2. The molecule has 0 saturated carbocycles. The van der Waals surface area contributed by atoms with Crippen LogP contribution < -0.4 is 10.6 Å². The third kappa shape index (κ3) is 4.22. The molecule has 0 heterocycles. The highest BCUT2D eigenvalue weighted by atomic mass is 19.1. The fourth-order valence-corrected chi connectivity index (χ4v) is 1.45. The second-order valence-corrected chi connectivity index (χ2v) is 3.91. The van der Waals surface area contributed by atoms with Crippen LogP contribution in [0.25, 0.3) is 0 Å². The van der Waals surface area contributed by atoms with Crippen molar-refractivity contribution < 1.29 is 24.2 Å². The zero-order chi connectivity index (χ0) is 14.4. The number of carboxylic acid groups (broad SMARTS) is 1. The normalized spacial score (nSPS) is 11.7. The minimum absolute atomic E-state index is 0.106. The molecule has 0 aliphatic rings. The summed E-state index contributed by atoms with van der Waals surface area (Å²) in [6, 6.07) is 2.22. The highest BCUT2D eigenvalue weighted by Crippen LogP contribution is 2.17. The number of aliphatic hydroxyl groups excluding tert-OH is 1. The number of aliphatic carboxylic acids is 1. The van der Waals surface area contributed by atoms with Gasteiger partial charge in [0.15, 0.2) is 0 Å². The van der Waals surface area contributed by atoms with E-state index in [1.54, 1.807) is 0 Å². The zero-order valence-corrected chi connectivity index (χ0v) is 10.3. The van der Waals surface area contributed by atoms with Crippen molar-refractivity contribution in [3.05, 3.63) is 29.6 Å². The maximum atomic E-state index is 13.2. The van der Waals surface area contributed by atoms with Crippen molar-refractivity contribution in [2.45, 2.75) is 19.4 Å². The molecule has 0 spiro atoms. The van der Waals surface area contributed by atoms with E-state index < -0.39 is 23.9 Å². The van der Waals surface area contributed by atoms with E-state index in [-0.39, 0.29) is 24.3 Å². The van der Waals surface area contributed by atoms with Crippen LogP contribution in [0.4, 0.5) is 14.9 Å². The Hall–Kier alpha value is -2.15. The van der Waals surface area contributed by atoms with Crippen molar-refractivity contribution >= 4 is 17.7 Å². The third-order valence-electron chi connectivity index (χ3n) is 2.54. The predicted molar refractivity (Wildman–Crippen MR) is 66.4 cm³/mol. The van der Waals surface area contributed by atoms with Gasteiger partial charge in [-0.25, -0.2) is 14.0 Å². The number of benzene rings is 1. The lowest BCUT2D eigenvalue weighted by Gasteiger charge is -2.15. The third-order valence-corrected chi connectivity index (χ3v) is 2.54. The molecule has 0 unspecified atom stereocenters. The van der Waals surface area contributed by atoms with Crippen molar-refractivity contribution in [1.82, 2.24) is 5.32 Å². The first-order chi connectivity index (χ1) is 8.95. The Kier molecular flexibility index (Phi) is 5.25. The standard InChI is InChI=1S/C12H15FN2O4/c1-7-8(13)3-2-4-9(7)14-12(19)15-10(5-6-16)11(17)18/h2-4,10,16H,5-6H2,1H3,(H,17,18)(H2,14,15,19)/t10-/m1/s1. The Bertz CT molecular complexity index is 479. The van der Waals surface area contributed by atoms with Gasteiger partial charge in [-0.15, -0.1) is 0 Å². The molecule has 7 heteroatoms. The van der Waals surface area contributed by atoms with Crippen LogP contribution in [0.15, 0.2) is 18.2 Å². The van der Waals surface area contributed by atoms with Gasteiger partial charge in [-0.3, -0.25) is 0 Å². The molecule has 0 fully saturated rings. The first-order valence-electron chi connectivity index (χ1n) is 5.62. The Morgan fingerprint density at radius 2 is 2.11 bits per heavy atom. The highest BCUT2D eigenvalue weighted by Gasteiger charge is 2.19. The number of hydrogen-bond donors (Lipinski definition) is 4. The van der Waals surface area contributed by atoms with Crippen LogP contribution in [0, 0.1) is 12.7 Å². The number of halogens is 1. The molecule has 1 aromatic carbocycles. The van der Waals surface area contributed by atoms with Crippen LogP contribution in [0.1, 0.15) is 12.0 Å². The summed E-state index contributed by atoms with van der Waals surface area (Å²) in [5.41, 5.74) is 0.511. The van der Waals surface area contributed by atoms with Gasteiger partial charge in [0.25, 0.3) is 0 Å². The average molecular weight is 270 g/mol. The molecule has 0 aliphatic carbocycles. The Balaban J connectivity index is 2.69. The summed E-state index contributed by atoms with van der Waals surface area (Å²) in [7, 11) is 0. The molecule has 0 aliphatic heterocycles. The summed E-state index contributed by atoms with van der Waals surface area (Å²) >= 11 is 0. The Morgan fingerprint density at radius 3 is 2.68 bits per heavy atom. The van der Waals surface area contributed by atoms with Gasteiger partial charge < -0.3 is 20.8 Å². The quantitative estimate of drug-likeness (QED) is 0.643. The lowest BCUT2D eigenvalue weighted by atomic mass is 10.2. The summed E-state index contributed by atoms with van der Waals surface area (Å²) in [6.07, 6.45) is -0.106. The van der Waals surface area contributed by atoms with Crippen molar-refractivity contribution in [2.24, 2.45) is 0 Å². The Labute approximate surface area is 109 Å². The molecule has 19 heavy (non-hydrogen) atoms. The van der Waals surface area contributed by atoms with Crippen LogP contribution in [0.5, 0.6) is 0 Å². The summed E-state index contributed by atoms with van der Waals surface area (Å²) in [6.45, 7) is 1.13. The highest BCUT2D eigenvalue weighted by molar-refractivity contribution is 5.92. The number of rotatable bonds is 5. The van der Waals surface area contributed by atoms with Crippen molar-refractivity contribution in [1.29, 1.82) is 0 Å². The smallest absolute Gasteiger partial charge is 0.326 e. The van der Waals surface area contributed by atoms with E-state index in [0.29, 0.717) is 0 Å². The molecule has 4 N–H and O–H groups in total. The SMILES string of the molecule is Cc1c(F)cccc1NC(=O)N[C@H](CCO)C(=O)O. The summed E-state index contributed by atoms with van der Waals surface area (Å²) < 4.78 is 13.2. The summed E-state index contributed by atoms with van der Waals surface area (Å²) in [5, 5.41) is 22.0. The minimum atomic E-state index is -1.25. The lowest BCUT2D eigenvalue weighted by Crippen LogP contribution is -2.43. The molecule has 1 atom stereocenters. The van der Waals surface area contributed by atoms with Gasteiger partial charge in [-0.1, -0.05) is 6.07 Å². The van der Waals surface area contributed by atoms with Gasteiger partial charge in [0.05, 0.1) is 0 Å². The zero-order valence-electron chi connectivity index (χ0n) is 10.3. The molecule has 0 aromatic heterocycles. The van der Waals surface area contributed by atoms with Gasteiger partial charge >= 0.3 is 12.0 Å².